The molecule has 3 heterocycles. The smallest absolute Gasteiger partial charge is 0.425 e. The Labute approximate surface area is 267 Å². The van der Waals surface area contributed by atoms with Gasteiger partial charge in [-0.1, -0.05) is 23.7 Å². The number of rotatable bonds is 7. The number of alkyl halides is 1. The van der Waals surface area contributed by atoms with Crippen LogP contribution >= 0.6 is 11.6 Å². The van der Waals surface area contributed by atoms with Gasteiger partial charge in [-0.2, -0.15) is 4.90 Å². The zero-order valence-electron chi connectivity index (χ0n) is 26.5. The number of carbonyl (C=O) groups is 2. The van der Waals surface area contributed by atoms with Gasteiger partial charge in [0.1, 0.15) is 35.1 Å². The average molecular weight is 644 g/mol. The molecule has 3 aromatic rings. The number of nitrogens with zero attached hydrogens (tertiary/aromatic N) is 5. The van der Waals surface area contributed by atoms with Gasteiger partial charge >= 0.3 is 12.2 Å². The van der Waals surface area contributed by atoms with Gasteiger partial charge in [0.25, 0.3) is 0 Å². The first kappa shape index (κ1) is 34.0. The Morgan fingerprint density at radius 1 is 0.978 bits per heavy atom. The van der Waals surface area contributed by atoms with Crippen molar-refractivity contribution in [3.05, 3.63) is 65.1 Å². The first-order valence-corrected chi connectivity index (χ1v) is 14.8. The molecule has 45 heavy (non-hydrogen) atoms. The fourth-order valence-electron chi connectivity index (χ4n) is 4.69. The van der Waals surface area contributed by atoms with Crippen molar-refractivity contribution in [2.24, 2.45) is 0 Å². The number of ether oxygens (including phenoxy) is 4. The van der Waals surface area contributed by atoms with Gasteiger partial charge in [0.15, 0.2) is 5.82 Å². The highest BCUT2D eigenvalue weighted by atomic mass is 35.5. The lowest BCUT2D eigenvalue weighted by atomic mass is 10.0. The second-order valence-electron chi connectivity index (χ2n) is 12.5. The number of hydrogen-bond acceptors (Lipinski definition) is 10. The number of methoxy groups -OCH3 is 1. The third-order valence-corrected chi connectivity index (χ3v) is 6.85. The van der Waals surface area contributed by atoms with Crippen molar-refractivity contribution in [3.8, 4) is 17.1 Å². The van der Waals surface area contributed by atoms with Crippen LogP contribution in [0.2, 0.25) is 5.15 Å². The van der Waals surface area contributed by atoms with Crippen molar-refractivity contribution in [1.29, 1.82) is 0 Å². The molecule has 11 nitrogen and oxygen atoms in total. The second kappa shape index (κ2) is 14.1. The molecule has 0 unspecified atom stereocenters. The number of hydrogen-bond donors (Lipinski definition) is 0. The molecule has 1 saturated heterocycles. The summed E-state index contributed by atoms with van der Waals surface area (Å²) in [6.45, 7) is 10.5. The number of amides is 2. The van der Waals surface area contributed by atoms with E-state index in [4.69, 9.17) is 30.5 Å². The van der Waals surface area contributed by atoms with Crippen LogP contribution in [0.5, 0.6) is 5.75 Å². The van der Waals surface area contributed by atoms with Gasteiger partial charge in [-0.15, -0.1) is 0 Å². The minimum atomic E-state index is -0.966. The third kappa shape index (κ3) is 9.09. The molecule has 1 fully saturated rings. The maximum atomic E-state index is 14.2. The summed E-state index contributed by atoms with van der Waals surface area (Å²) in [5, 5.41) is 0.172. The van der Waals surface area contributed by atoms with Crippen molar-refractivity contribution in [2.75, 3.05) is 31.9 Å². The SMILES string of the molecule is COc1ccc(CN2[C@H](CF)COC[C@H]2c2cc(Cl)nc(-c3cc(N(C(=O)OC(C)(C)C)C(=O)OC(C)(C)C)ncn3)c2)cc1. The Morgan fingerprint density at radius 2 is 1.62 bits per heavy atom. The average Bonchev–Trinajstić information content (AvgIpc) is 2.95. The highest BCUT2D eigenvalue weighted by molar-refractivity contribution is 6.29. The summed E-state index contributed by atoms with van der Waals surface area (Å²) in [6, 6.07) is 11.7. The van der Waals surface area contributed by atoms with E-state index in [1.165, 1.54) is 12.4 Å². The van der Waals surface area contributed by atoms with Gasteiger partial charge in [-0.25, -0.2) is 28.9 Å². The highest BCUT2D eigenvalue weighted by Gasteiger charge is 2.35. The van der Waals surface area contributed by atoms with Crippen molar-refractivity contribution in [3.63, 3.8) is 0 Å². The van der Waals surface area contributed by atoms with Crippen LogP contribution in [-0.4, -0.2) is 76.3 Å². The van der Waals surface area contributed by atoms with E-state index in [2.05, 4.69) is 15.0 Å². The summed E-state index contributed by atoms with van der Waals surface area (Å²) >= 11 is 6.52. The highest BCUT2D eigenvalue weighted by Crippen LogP contribution is 2.33. The molecule has 0 aliphatic carbocycles. The fraction of sp³-hybridized carbons (Fsp3) is 0.469. The number of aromatic nitrogens is 3. The summed E-state index contributed by atoms with van der Waals surface area (Å²) in [5.74, 6) is 0.650. The maximum absolute atomic E-state index is 14.2. The van der Waals surface area contributed by atoms with E-state index in [1.807, 2.05) is 29.2 Å². The Balaban J connectivity index is 1.71. The zero-order chi connectivity index (χ0) is 32.9. The summed E-state index contributed by atoms with van der Waals surface area (Å²) < 4.78 is 36.3. The second-order valence-corrected chi connectivity index (χ2v) is 12.9. The molecule has 4 rings (SSSR count). The van der Waals surface area contributed by atoms with Crippen LogP contribution in [-0.2, 0) is 20.8 Å². The van der Waals surface area contributed by atoms with E-state index in [-0.39, 0.29) is 29.3 Å². The molecular weight excluding hydrogens is 605 g/mol. The van der Waals surface area contributed by atoms with Gasteiger partial charge in [0.05, 0.1) is 43.8 Å². The molecule has 242 valence electrons. The van der Waals surface area contributed by atoms with Gasteiger partial charge in [-0.05, 0) is 76.9 Å². The monoisotopic (exact) mass is 643 g/mol. The van der Waals surface area contributed by atoms with Crippen LogP contribution in [0.4, 0.5) is 19.8 Å². The Morgan fingerprint density at radius 3 is 2.20 bits per heavy atom. The lowest BCUT2D eigenvalue weighted by Crippen LogP contribution is -2.48. The largest absolute Gasteiger partial charge is 0.497 e. The fourth-order valence-corrected chi connectivity index (χ4v) is 4.91. The first-order chi connectivity index (χ1) is 21.2. The predicted octanol–water partition coefficient (Wildman–Crippen LogP) is 6.79. The molecule has 2 amide bonds. The van der Waals surface area contributed by atoms with E-state index >= 15 is 0 Å². The molecule has 0 bridgehead atoms. The van der Waals surface area contributed by atoms with E-state index in [9.17, 15) is 14.0 Å². The summed E-state index contributed by atoms with van der Waals surface area (Å²) in [4.78, 5) is 42.1. The zero-order valence-corrected chi connectivity index (χ0v) is 27.3. The summed E-state index contributed by atoms with van der Waals surface area (Å²) in [5.41, 5.74) is 0.545. The normalized spacial score (nSPS) is 17.4. The molecule has 2 aromatic heterocycles. The van der Waals surface area contributed by atoms with Crippen LogP contribution in [0.3, 0.4) is 0 Å². The van der Waals surface area contributed by atoms with E-state index in [1.54, 1.807) is 60.8 Å². The molecule has 0 spiro atoms. The molecular formula is C32H39ClFN5O6. The topological polar surface area (TPSA) is 116 Å². The van der Waals surface area contributed by atoms with E-state index < -0.39 is 36.1 Å². The van der Waals surface area contributed by atoms with Gasteiger partial charge in [0.2, 0.25) is 0 Å². The van der Waals surface area contributed by atoms with Crippen LogP contribution in [0.1, 0.15) is 58.7 Å². The Bertz CT molecular complexity index is 1470. The van der Waals surface area contributed by atoms with Gasteiger partial charge < -0.3 is 18.9 Å². The third-order valence-electron chi connectivity index (χ3n) is 6.66. The number of anilines is 1. The number of imide groups is 1. The first-order valence-electron chi connectivity index (χ1n) is 14.5. The standard InChI is InChI=1S/C32H39ClFN5O6/c1-31(2,3)44-29(40)39(30(41)45-32(4,5)6)28-14-24(35-19-36-28)25-12-21(13-27(33)37-25)26-18-43-17-22(15-34)38(26)16-20-8-10-23(42-7)11-9-20/h8-14,19,22,26H,15-18H2,1-7H3/t22-,26+/m1/s1. The minimum absolute atomic E-state index is 0.0774. The minimum Gasteiger partial charge on any atom is -0.497 e. The van der Waals surface area contributed by atoms with Crippen LogP contribution in [0.15, 0.2) is 48.8 Å². The Hall–Kier alpha value is -3.87. The quantitative estimate of drug-likeness (QED) is 0.255. The van der Waals surface area contributed by atoms with Crippen molar-refractivity contribution < 1.29 is 32.9 Å². The van der Waals surface area contributed by atoms with E-state index in [0.29, 0.717) is 23.7 Å². The molecule has 0 N–H and O–H groups in total. The lowest BCUT2D eigenvalue weighted by molar-refractivity contribution is -0.0620. The van der Waals surface area contributed by atoms with Crippen LogP contribution in [0, 0.1) is 0 Å². The van der Waals surface area contributed by atoms with Crippen molar-refractivity contribution >= 4 is 29.6 Å². The summed E-state index contributed by atoms with van der Waals surface area (Å²) in [6.07, 6.45) is -0.730. The number of morpholine rings is 1. The molecule has 2 atom stereocenters. The number of pyridine rings is 1. The summed E-state index contributed by atoms with van der Waals surface area (Å²) in [7, 11) is 1.60. The van der Waals surface area contributed by atoms with Crippen molar-refractivity contribution in [2.45, 2.75) is 71.4 Å². The van der Waals surface area contributed by atoms with Gasteiger partial charge in [-0.3, -0.25) is 4.90 Å². The Kier molecular flexibility index (Phi) is 10.6. The molecule has 0 saturated carbocycles. The van der Waals surface area contributed by atoms with E-state index in [0.717, 1.165) is 16.9 Å². The maximum Gasteiger partial charge on any atom is 0.425 e. The van der Waals surface area contributed by atoms with Crippen molar-refractivity contribution in [1.82, 2.24) is 19.9 Å². The van der Waals surface area contributed by atoms with Gasteiger partial charge in [0, 0.05) is 12.6 Å². The number of halogens is 2. The molecule has 13 heteroatoms. The number of carbonyl (C=O) groups excluding carboxylic acids is 2. The van der Waals surface area contributed by atoms with Crippen LogP contribution < -0.4 is 9.64 Å². The lowest BCUT2D eigenvalue weighted by Gasteiger charge is -2.41. The van der Waals surface area contributed by atoms with Crippen LogP contribution in [0.25, 0.3) is 11.4 Å². The molecule has 1 aromatic carbocycles. The predicted molar refractivity (Wildman–Crippen MR) is 167 cm³/mol. The molecule has 1 aliphatic rings. The number of benzene rings is 1. The molecule has 1 aliphatic heterocycles. The molecule has 0 radical (unpaired) electrons.